The van der Waals surface area contributed by atoms with Gasteiger partial charge in [0.15, 0.2) is 0 Å². The molecule has 0 aliphatic rings. The maximum Gasteiger partial charge on any atom is 0.212 e. The highest BCUT2D eigenvalue weighted by Gasteiger charge is 1.95. The molecule has 74 valence electrons. The molecule has 0 heterocycles. The minimum absolute atomic E-state index is 0.584. The largest absolute Gasteiger partial charge is 0.388 e. The van der Waals surface area contributed by atoms with Gasteiger partial charge in [0.25, 0.3) is 0 Å². The number of aliphatic imine (C=N–C) groups is 1. The van der Waals surface area contributed by atoms with Crippen LogP contribution < -0.4 is 10.6 Å². The van der Waals surface area contributed by atoms with Crippen LogP contribution in [0, 0.1) is 6.92 Å². The number of carbonyl (C=O) groups excluding carboxylic acids is 1. The predicted molar refractivity (Wildman–Crippen MR) is 58.1 cm³/mol. The zero-order valence-electron chi connectivity index (χ0n) is 8.24. The van der Waals surface area contributed by atoms with E-state index in [-0.39, 0.29) is 0 Å². The molecule has 4 heteroatoms. The van der Waals surface area contributed by atoms with Crippen LogP contribution >= 0.6 is 0 Å². The summed E-state index contributed by atoms with van der Waals surface area (Å²) in [6.07, 6.45) is 1.95. The van der Waals surface area contributed by atoms with Crippen molar-refractivity contribution in [3.05, 3.63) is 23.8 Å². The van der Waals surface area contributed by atoms with Gasteiger partial charge in [-0.1, -0.05) is 0 Å². The monoisotopic (exact) mass is 191 g/mol. The molecule has 0 aromatic heterocycles. The van der Waals surface area contributed by atoms with Crippen molar-refractivity contribution in [2.24, 2.45) is 4.99 Å². The Morgan fingerprint density at radius 3 is 2.79 bits per heavy atom. The number of benzene rings is 1. The first-order valence-corrected chi connectivity index (χ1v) is 4.28. The van der Waals surface area contributed by atoms with Gasteiger partial charge in [-0.05, 0) is 30.7 Å². The summed E-state index contributed by atoms with van der Waals surface area (Å²) < 4.78 is 0. The highest BCUT2D eigenvalue weighted by molar-refractivity contribution is 5.74. The second kappa shape index (κ2) is 5.01. The van der Waals surface area contributed by atoms with Gasteiger partial charge in [0.05, 0.1) is 12.0 Å². The molecule has 1 rings (SSSR count). The lowest BCUT2D eigenvalue weighted by Gasteiger charge is -2.03. The van der Waals surface area contributed by atoms with Gasteiger partial charge in [0.2, 0.25) is 6.41 Å². The first-order valence-electron chi connectivity index (χ1n) is 4.28. The second-order valence-corrected chi connectivity index (χ2v) is 2.79. The standard InChI is InChI=1S/C10H13N3O/c1-8-5-9(11-2)3-4-10(8)13-6-12-7-14/h3-7,11H,1-2H3,(H,12,13,14). The minimum Gasteiger partial charge on any atom is -0.388 e. The number of amides is 1. The number of hydrogen-bond acceptors (Lipinski definition) is 3. The molecule has 14 heavy (non-hydrogen) atoms. The zero-order valence-corrected chi connectivity index (χ0v) is 8.24. The van der Waals surface area contributed by atoms with E-state index in [4.69, 9.17) is 0 Å². The molecule has 0 radical (unpaired) electrons. The van der Waals surface area contributed by atoms with Gasteiger partial charge < -0.3 is 10.6 Å². The molecule has 0 aliphatic carbocycles. The molecule has 0 spiro atoms. The molecule has 1 aromatic carbocycles. The fourth-order valence-electron chi connectivity index (χ4n) is 1.09. The van der Waals surface area contributed by atoms with Crippen LogP contribution in [0.15, 0.2) is 23.2 Å². The summed E-state index contributed by atoms with van der Waals surface area (Å²) in [6.45, 7) is 1.97. The van der Waals surface area contributed by atoms with Crippen LogP contribution in [-0.2, 0) is 4.79 Å². The summed E-state index contributed by atoms with van der Waals surface area (Å²) in [6, 6.07) is 5.82. The van der Waals surface area contributed by atoms with E-state index in [2.05, 4.69) is 15.6 Å². The van der Waals surface area contributed by atoms with E-state index in [1.54, 1.807) is 0 Å². The van der Waals surface area contributed by atoms with Crippen molar-refractivity contribution in [1.29, 1.82) is 0 Å². The van der Waals surface area contributed by atoms with E-state index >= 15 is 0 Å². The third kappa shape index (κ3) is 2.58. The number of nitrogens with one attached hydrogen (secondary N) is 2. The average molecular weight is 191 g/mol. The Hall–Kier alpha value is -1.84. The molecule has 0 fully saturated rings. The summed E-state index contributed by atoms with van der Waals surface area (Å²) in [5.41, 5.74) is 2.95. The normalized spacial score (nSPS) is 10.1. The number of aryl methyl sites for hydroxylation is 1. The second-order valence-electron chi connectivity index (χ2n) is 2.79. The van der Waals surface area contributed by atoms with Crippen LogP contribution in [0.3, 0.4) is 0 Å². The third-order valence-electron chi connectivity index (χ3n) is 1.83. The van der Waals surface area contributed by atoms with Crippen molar-refractivity contribution in [3.8, 4) is 0 Å². The summed E-state index contributed by atoms with van der Waals surface area (Å²) in [4.78, 5) is 14.0. The van der Waals surface area contributed by atoms with Gasteiger partial charge in [-0.2, -0.15) is 0 Å². The summed E-state index contributed by atoms with van der Waals surface area (Å²) in [5, 5.41) is 5.40. The molecule has 0 saturated heterocycles. The molecule has 1 amide bonds. The molecule has 0 bridgehead atoms. The Labute approximate surface area is 83.0 Å². The smallest absolute Gasteiger partial charge is 0.212 e. The quantitative estimate of drug-likeness (QED) is 0.430. The highest BCUT2D eigenvalue weighted by atomic mass is 16.1. The fraction of sp³-hybridized carbons (Fsp3) is 0.200. The van der Waals surface area contributed by atoms with Gasteiger partial charge in [-0.3, -0.25) is 4.79 Å². The first-order chi connectivity index (χ1) is 6.77. The lowest BCUT2D eigenvalue weighted by molar-refractivity contribution is -0.108. The third-order valence-corrected chi connectivity index (χ3v) is 1.83. The van der Waals surface area contributed by atoms with Crippen molar-refractivity contribution in [1.82, 2.24) is 5.32 Å². The fourth-order valence-corrected chi connectivity index (χ4v) is 1.09. The van der Waals surface area contributed by atoms with Crippen LogP contribution in [0.1, 0.15) is 5.56 Å². The Balaban J connectivity index is 2.83. The molecule has 2 N–H and O–H groups in total. The van der Waals surface area contributed by atoms with Gasteiger partial charge in [-0.25, -0.2) is 4.99 Å². The van der Waals surface area contributed by atoms with E-state index in [0.717, 1.165) is 16.9 Å². The summed E-state index contributed by atoms with van der Waals surface area (Å²) >= 11 is 0. The van der Waals surface area contributed by atoms with Gasteiger partial charge in [0, 0.05) is 12.7 Å². The molecule has 0 atom stereocenters. The van der Waals surface area contributed by atoms with E-state index < -0.39 is 0 Å². The maximum atomic E-state index is 9.97. The van der Waals surface area contributed by atoms with Crippen molar-refractivity contribution >= 4 is 24.1 Å². The SMILES string of the molecule is CNc1ccc(N=CNC=O)c(C)c1. The molecule has 0 unspecified atom stereocenters. The molecular formula is C10H13N3O. The van der Waals surface area contributed by atoms with Gasteiger partial charge >= 0.3 is 0 Å². The van der Waals surface area contributed by atoms with E-state index in [0.29, 0.717) is 6.41 Å². The van der Waals surface area contributed by atoms with Crippen molar-refractivity contribution in [2.75, 3.05) is 12.4 Å². The Kier molecular flexibility index (Phi) is 3.67. The van der Waals surface area contributed by atoms with E-state index in [1.807, 2.05) is 32.2 Å². The first kappa shape index (κ1) is 10.2. The summed E-state index contributed by atoms with van der Waals surface area (Å²) in [7, 11) is 1.87. The molecule has 0 aliphatic heterocycles. The highest BCUT2D eigenvalue weighted by Crippen LogP contribution is 2.21. The lowest BCUT2D eigenvalue weighted by atomic mass is 10.2. The number of hydrogen-bond donors (Lipinski definition) is 2. The number of carbonyl (C=O) groups is 1. The molecule has 0 saturated carbocycles. The van der Waals surface area contributed by atoms with Crippen LogP contribution in [0.2, 0.25) is 0 Å². The molecule has 4 nitrogen and oxygen atoms in total. The van der Waals surface area contributed by atoms with Crippen LogP contribution in [0.4, 0.5) is 11.4 Å². The van der Waals surface area contributed by atoms with E-state index in [9.17, 15) is 4.79 Å². The van der Waals surface area contributed by atoms with E-state index in [1.165, 1.54) is 6.34 Å². The molecular weight excluding hydrogens is 178 g/mol. The van der Waals surface area contributed by atoms with Crippen LogP contribution in [0.25, 0.3) is 0 Å². The van der Waals surface area contributed by atoms with Gasteiger partial charge in [0.1, 0.15) is 0 Å². The Bertz CT molecular complexity index is 347. The predicted octanol–water partition coefficient (Wildman–Crippen LogP) is 1.44. The molecule has 1 aromatic rings. The van der Waals surface area contributed by atoms with Crippen LogP contribution in [0.5, 0.6) is 0 Å². The van der Waals surface area contributed by atoms with Crippen molar-refractivity contribution in [2.45, 2.75) is 6.92 Å². The van der Waals surface area contributed by atoms with Crippen molar-refractivity contribution < 1.29 is 4.79 Å². The minimum atomic E-state index is 0.584. The lowest BCUT2D eigenvalue weighted by Crippen LogP contribution is -2.05. The average Bonchev–Trinajstić information content (AvgIpc) is 2.20. The number of rotatable bonds is 4. The number of nitrogens with zero attached hydrogens (tertiary/aromatic N) is 1. The van der Waals surface area contributed by atoms with Crippen LogP contribution in [-0.4, -0.2) is 19.8 Å². The van der Waals surface area contributed by atoms with Crippen molar-refractivity contribution in [3.63, 3.8) is 0 Å². The maximum absolute atomic E-state index is 9.97. The topological polar surface area (TPSA) is 53.5 Å². The van der Waals surface area contributed by atoms with Gasteiger partial charge in [-0.15, -0.1) is 0 Å². The zero-order chi connectivity index (χ0) is 10.4. The Morgan fingerprint density at radius 2 is 2.21 bits per heavy atom. The number of anilines is 1. The Morgan fingerprint density at radius 1 is 1.43 bits per heavy atom. The summed E-state index contributed by atoms with van der Waals surface area (Å²) in [5.74, 6) is 0.